The Labute approximate surface area is 133 Å². The summed E-state index contributed by atoms with van der Waals surface area (Å²) in [5.41, 5.74) is 0.907. The summed E-state index contributed by atoms with van der Waals surface area (Å²) in [7, 11) is 1.54. The van der Waals surface area contributed by atoms with Gasteiger partial charge in [0.2, 0.25) is 5.91 Å². The molecule has 0 fully saturated rings. The first-order chi connectivity index (χ1) is 11.0. The van der Waals surface area contributed by atoms with Gasteiger partial charge < -0.3 is 15.4 Å². The highest BCUT2D eigenvalue weighted by molar-refractivity contribution is 6.47. The van der Waals surface area contributed by atoms with Gasteiger partial charge in [0.15, 0.2) is 0 Å². The van der Waals surface area contributed by atoms with Crippen LogP contribution in [0.2, 0.25) is 0 Å². The predicted octanol–water partition coefficient (Wildman–Crippen LogP) is 2.48. The Hall–Kier alpha value is -3.15. The molecule has 2 amide bonds. The summed E-state index contributed by atoms with van der Waals surface area (Å²) in [6, 6.07) is 12.9. The van der Waals surface area contributed by atoms with E-state index in [1.54, 1.807) is 42.5 Å². The van der Waals surface area contributed by atoms with Gasteiger partial charge in [-0.05, 0) is 36.4 Å². The van der Waals surface area contributed by atoms with Crippen molar-refractivity contribution in [3.8, 4) is 5.75 Å². The highest BCUT2D eigenvalue weighted by atomic mass is 16.5. The van der Waals surface area contributed by atoms with E-state index in [2.05, 4.69) is 10.6 Å². The normalized spacial score (nSPS) is 9.83. The van der Waals surface area contributed by atoms with E-state index in [0.29, 0.717) is 17.1 Å². The van der Waals surface area contributed by atoms with Crippen LogP contribution in [0.3, 0.4) is 0 Å². The number of para-hydroxylation sites is 1. The maximum atomic E-state index is 12.3. The van der Waals surface area contributed by atoms with Gasteiger partial charge in [-0.1, -0.05) is 12.1 Å². The molecule has 2 aromatic carbocycles. The Morgan fingerprint density at radius 2 is 1.57 bits per heavy atom. The summed E-state index contributed by atoms with van der Waals surface area (Å²) in [6.07, 6.45) is 0. The second-order valence-electron chi connectivity index (χ2n) is 4.74. The fourth-order valence-corrected chi connectivity index (χ4v) is 1.96. The number of ether oxygens (including phenoxy) is 1. The topological polar surface area (TPSA) is 84.5 Å². The Bertz CT molecular complexity index is 739. The Balaban J connectivity index is 2.16. The van der Waals surface area contributed by atoms with E-state index in [1.807, 2.05) is 0 Å². The van der Waals surface area contributed by atoms with E-state index in [-0.39, 0.29) is 11.5 Å². The summed E-state index contributed by atoms with van der Waals surface area (Å²) in [4.78, 5) is 35.6. The molecule has 0 aromatic heterocycles. The summed E-state index contributed by atoms with van der Waals surface area (Å²) in [6.45, 7) is 1.33. The van der Waals surface area contributed by atoms with Crippen LogP contribution in [0.5, 0.6) is 5.75 Å². The number of anilines is 2. The first kappa shape index (κ1) is 16.2. The Morgan fingerprint density at radius 1 is 0.913 bits per heavy atom. The van der Waals surface area contributed by atoms with Crippen molar-refractivity contribution in [1.82, 2.24) is 0 Å². The average Bonchev–Trinajstić information content (AvgIpc) is 2.55. The zero-order valence-electron chi connectivity index (χ0n) is 12.8. The van der Waals surface area contributed by atoms with Crippen molar-refractivity contribution in [2.45, 2.75) is 6.92 Å². The third-order valence-electron chi connectivity index (χ3n) is 3.04. The summed E-state index contributed by atoms with van der Waals surface area (Å²) in [5.74, 6) is -1.19. The smallest absolute Gasteiger partial charge is 0.296 e. The lowest BCUT2D eigenvalue weighted by Crippen LogP contribution is -2.24. The van der Waals surface area contributed by atoms with Gasteiger partial charge in [0, 0.05) is 12.6 Å². The molecule has 0 radical (unpaired) electrons. The number of methoxy groups -OCH3 is 1. The van der Waals surface area contributed by atoms with E-state index in [9.17, 15) is 14.4 Å². The number of Topliss-reactive ketones (excluding diaryl/α,β-unsaturated/α-hetero) is 1. The van der Waals surface area contributed by atoms with Gasteiger partial charge in [0.05, 0.1) is 18.4 Å². The fourth-order valence-electron chi connectivity index (χ4n) is 1.96. The van der Waals surface area contributed by atoms with Crippen LogP contribution in [-0.2, 0) is 9.59 Å². The molecule has 2 rings (SSSR count). The van der Waals surface area contributed by atoms with Gasteiger partial charge in [-0.25, -0.2) is 0 Å². The molecular weight excluding hydrogens is 296 g/mol. The van der Waals surface area contributed by atoms with Gasteiger partial charge >= 0.3 is 0 Å². The minimum atomic E-state index is -0.784. The van der Waals surface area contributed by atoms with Crippen molar-refractivity contribution < 1.29 is 19.1 Å². The number of nitrogens with one attached hydrogen (secondary N) is 2. The molecule has 0 aliphatic heterocycles. The van der Waals surface area contributed by atoms with Crippen molar-refractivity contribution in [2.75, 3.05) is 17.7 Å². The molecule has 2 aromatic rings. The van der Waals surface area contributed by atoms with Crippen LogP contribution in [0, 0.1) is 0 Å². The molecule has 23 heavy (non-hydrogen) atoms. The molecule has 0 atom stereocenters. The van der Waals surface area contributed by atoms with Crippen molar-refractivity contribution in [2.24, 2.45) is 0 Å². The largest absolute Gasteiger partial charge is 0.497 e. The lowest BCUT2D eigenvalue weighted by molar-refractivity contribution is -0.114. The highest BCUT2D eigenvalue weighted by Crippen LogP contribution is 2.18. The first-order valence-corrected chi connectivity index (χ1v) is 6.87. The standard InChI is InChI=1S/C17H16N2O4/c1-11(20)18-15-6-4-3-5-14(15)16(21)17(22)19-12-7-9-13(23-2)10-8-12/h3-10H,1-2H3,(H,18,20)(H,19,22). The van der Waals surface area contributed by atoms with Crippen LogP contribution >= 0.6 is 0 Å². The van der Waals surface area contributed by atoms with Crippen molar-refractivity contribution in [3.63, 3.8) is 0 Å². The van der Waals surface area contributed by atoms with Crippen LogP contribution in [0.1, 0.15) is 17.3 Å². The molecular formula is C17H16N2O4. The molecule has 0 bridgehead atoms. The van der Waals surface area contributed by atoms with E-state index in [0.717, 1.165) is 0 Å². The third-order valence-corrected chi connectivity index (χ3v) is 3.04. The number of hydrogen-bond acceptors (Lipinski definition) is 4. The summed E-state index contributed by atoms with van der Waals surface area (Å²) >= 11 is 0. The molecule has 118 valence electrons. The Morgan fingerprint density at radius 3 is 2.17 bits per heavy atom. The number of amides is 2. The summed E-state index contributed by atoms with van der Waals surface area (Å²) in [5, 5.41) is 5.05. The van der Waals surface area contributed by atoms with Gasteiger partial charge in [-0.3, -0.25) is 14.4 Å². The molecule has 0 unspecified atom stereocenters. The van der Waals surface area contributed by atoms with Gasteiger partial charge in [0.25, 0.3) is 11.7 Å². The quantitative estimate of drug-likeness (QED) is 0.656. The number of ketones is 1. The van der Waals surface area contributed by atoms with Crippen LogP contribution in [0.15, 0.2) is 48.5 Å². The van der Waals surface area contributed by atoms with Gasteiger partial charge in [-0.2, -0.15) is 0 Å². The van der Waals surface area contributed by atoms with E-state index in [1.165, 1.54) is 20.1 Å². The van der Waals surface area contributed by atoms with Crippen LogP contribution in [0.25, 0.3) is 0 Å². The molecule has 0 spiro atoms. The number of hydrogen-bond donors (Lipinski definition) is 2. The molecule has 6 nitrogen and oxygen atoms in total. The third kappa shape index (κ3) is 4.16. The van der Waals surface area contributed by atoms with Crippen LogP contribution in [-0.4, -0.2) is 24.7 Å². The fraction of sp³-hybridized carbons (Fsp3) is 0.118. The first-order valence-electron chi connectivity index (χ1n) is 6.87. The number of carbonyl (C=O) groups excluding carboxylic acids is 3. The maximum absolute atomic E-state index is 12.3. The minimum absolute atomic E-state index is 0.133. The summed E-state index contributed by atoms with van der Waals surface area (Å²) < 4.78 is 5.02. The predicted molar refractivity (Wildman–Crippen MR) is 86.7 cm³/mol. The number of carbonyl (C=O) groups is 3. The zero-order valence-corrected chi connectivity index (χ0v) is 12.8. The maximum Gasteiger partial charge on any atom is 0.296 e. The van der Waals surface area contributed by atoms with E-state index >= 15 is 0 Å². The molecule has 0 saturated heterocycles. The zero-order chi connectivity index (χ0) is 16.8. The van der Waals surface area contributed by atoms with Crippen molar-refractivity contribution in [1.29, 1.82) is 0 Å². The monoisotopic (exact) mass is 312 g/mol. The van der Waals surface area contributed by atoms with E-state index < -0.39 is 11.7 Å². The molecule has 2 N–H and O–H groups in total. The molecule has 0 heterocycles. The van der Waals surface area contributed by atoms with Gasteiger partial charge in [0.1, 0.15) is 5.75 Å². The SMILES string of the molecule is COc1ccc(NC(=O)C(=O)c2ccccc2NC(C)=O)cc1. The molecule has 0 saturated carbocycles. The number of benzene rings is 2. The molecule has 6 heteroatoms. The second kappa shape index (κ2) is 7.22. The van der Waals surface area contributed by atoms with Crippen molar-refractivity contribution >= 4 is 29.0 Å². The number of rotatable bonds is 5. The lowest BCUT2D eigenvalue weighted by atomic mass is 10.1. The highest BCUT2D eigenvalue weighted by Gasteiger charge is 2.20. The van der Waals surface area contributed by atoms with Crippen LogP contribution < -0.4 is 15.4 Å². The lowest BCUT2D eigenvalue weighted by Gasteiger charge is -2.09. The van der Waals surface area contributed by atoms with Crippen molar-refractivity contribution in [3.05, 3.63) is 54.1 Å². The molecule has 0 aliphatic rings. The average molecular weight is 312 g/mol. The Kier molecular flexibility index (Phi) is 5.09. The van der Waals surface area contributed by atoms with Gasteiger partial charge in [-0.15, -0.1) is 0 Å². The van der Waals surface area contributed by atoms with Crippen LogP contribution in [0.4, 0.5) is 11.4 Å². The second-order valence-corrected chi connectivity index (χ2v) is 4.74. The minimum Gasteiger partial charge on any atom is -0.497 e. The molecule has 0 aliphatic carbocycles. The van der Waals surface area contributed by atoms with E-state index in [4.69, 9.17) is 4.74 Å².